The molecule has 0 bridgehead atoms. The van der Waals surface area contributed by atoms with Crippen LogP contribution in [0.4, 0.5) is 10.1 Å². The number of esters is 1. The van der Waals surface area contributed by atoms with Gasteiger partial charge in [-0.2, -0.15) is 0 Å². The SMILES string of the molecule is CC(C(=O)Nc1cc(Cc2ccccc2COC(=O)c2ccccc2)ccc1O)c1ccc(F)c2ccccc12. The first-order valence-electron chi connectivity index (χ1n) is 13.0. The number of hydrogen-bond donors (Lipinski definition) is 2. The fourth-order valence-corrected chi connectivity index (χ4v) is 4.73. The molecule has 0 fully saturated rings. The lowest BCUT2D eigenvalue weighted by Gasteiger charge is -2.17. The maximum Gasteiger partial charge on any atom is 0.338 e. The van der Waals surface area contributed by atoms with E-state index >= 15 is 0 Å². The molecule has 1 atom stereocenters. The zero-order chi connectivity index (χ0) is 28.1. The lowest BCUT2D eigenvalue weighted by molar-refractivity contribution is -0.117. The van der Waals surface area contributed by atoms with Crippen LogP contribution in [0.1, 0.15) is 45.5 Å². The zero-order valence-corrected chi connectivity index (χ0v) is 21.9. The number of fused-ring (bicyclic) bond motifs is 1. The van der Waals surface area contributed by atoms with E-state index in [1.54, 1.807) is 73.7 Å². The molecule has 0 aliphatic carbocycles. The maximum absolute atomic E-state index is 14.3. The largest absolute Gasteiger partial charge is 0.506 e. The van der Waals surface area contributed by atoms with Crippen LogP contribution in [0.3, 0.4) is 0 Å². The van der Waals surface area contributed by atoms with E-state index in [9.17, 15) is 19.1 Å². The molecule has 0 aliphatic heterocycles. The van der Waals surface area contributed by atoms with Crippen LogP contribution < -0.4 is 5.32 Å². The molecule has 40 heavy (non-hydrogen) atoms. The van der Waals surface area contributed by atoms with Crippen LogP contribution in [-0.2, 0) is 22.6 Å². The molecule has 6 heteroatoms. The summed E-state index contributed by atoms with van der Waals surface area (Å²) in [7, 11) is 0. The zero-order valence-electron chi connectivity index (χ0n) is 21.9. The van der Waals surface area contributed by atoms with E-state index < -0.39 is 11.9 Å². The summed E-state index contributed by atoms with van der Waals surface area (Å²) >= 11 is 0. The Kier molecular flexibility index (Phi) is 7.87. The van der Waals surface area contributed by atoms with Gasteiger partial charge < -0.3 is 15.2 Å². The van der Waals surface area contributed by atoms with Gasteiger partial charge in [-0.1, -0.05) is 78.9 Å². The molecular formula is C34H28FNO4. The van der Waals surface area contributed by atoms with Crippen LogP contribution in [0, 0.1) is 5.82 Å². The first-order valence-corrected chi connectivity index (χ1v) is 13.0. The van der Waals surface area contributed by atoms with E-state index in [2.05, 4.69) is 5.32 Å². The van der Waals surface area contributed by atoms with Crippen molar-refractivity contribution in [2.45, 2.75) is 25.9 Å². The summed E-state index contributed by atoms with van der Waals surface area (Å²) in [5, 5.41) is 14.5. The number of benzene rings is 5. The fraction of sp³-hybridized carbons (Fsp3) is 0.118. The van der Waals surface area contributed by atoms with Crippen molar-refractivity contribution >= 4 is 28.3 Å². The molecule has 5 rings (SSSR count). The number of phenols is 1. The van der Waals surface area contributed by atoms with E-state index in [4.69, 9.17) is 4.74 Å². The standard InChI is InChI=1S/C34H28FNO4/c1-22(27-16-17-30(35)29-14-8-7-13-28(27)29)33(38)36-31-20-23(15-18-32(31)37)19-25-11-5-6-12-26(25)21-40-34(39)24-9-3-2-4-10-24/h2-18,20,22,37H,19,21H2,1H3,(H,36,38). The second-order valence-corrected chi connectivity index (χ2v) is 9.63. The van der Waals surface area contributed by atoms with Crippen LogP contribution in [0.2, 0.25) is 0 Å². The first-order chi connectivity index (χ1) is 19.4. The number of amides is 1. The van der Waals surface area contributed by atoms with Crippen LogP contribution in [0.5, 0.6) is 5.75 Å². The molecule has 1 unspecified atom stereocenters. The van der Waals surface area contributed by atoms with Crippen molar-refractivity contribution in [2.24, 2.45) is 0 Å². The molecule has 2 N–H and O–H groups in total. The number of phenolic OH excluding ortho intramolecular Hbond substituents is 1. The highest BCUT2D eigenvalue weighted by Gasteiger charge is 2.20. The molecule has 5 nitrogen and oxygen atoms in total. The summed E-state index contributed by atoms with van der Waals surface area (Å²) in [6.07, 6.45) is 0.500. The molecule has 0 saturated heterocycles. The summed E-state index contributed by atoms with van der Waals surface area (Å²) in [4.78, 5) is 25.6. The first kappa shape index (κ1) is 26.6. The molecule has 200 valence electrons. The minimum atomic E-state index is -0.589. The number of halogens is 1. The van der Waals surface area contributed by atoms with Crippen molar-refractivity contribution in [2.75, 3.05) is 5.32 Å². The van der Waals surface area contributed by atoms with Crippen molar-refractivity contribution in [3.05, 3.63) is 143 Å². The van der Waals surface area contributed by atoms with Crippen molar-refractivity contribution < 1.29 is 23.8 Å². The highest BCUT2D eigenvalue weighted by Crippen LogP contribution is 2.31. The van der Waals surface area contributed by atoms with Gasteiger partial charge in [0.15, 0.2) is 0 Å². The number of aromatic hydroxyl groups is 1. The van der Waals surface area contributed by atoms with Crippen molar-refractivity contribution in [1.82, 2.24) is 0 Å². The molecule has 5 aromatic carbocycles. The van der Waals surface area contributed by atoms with Crippen molar-refractivity contribution in [3.63, 3.8) is 0 Å². The predicted molar refractivity (Wildman–Crippen MR) is 154 cm³/mol. The summed E-state index contributed by atoms with van der Waals surface area (Å²) in [6, 6.07) is 31.6. The third-order valence-corrected chi connectivity index (χ3v) is 6.96. The number of anilines is 1. The van der Waals surface area contributed by atoms with Crippen LogP contribution in [-0.4, -0.2) is 17.0 Å². The Morgan fingerprint density at radius 2 is 1.50 bits per heavy atom. The number of hydrogen-bond acceptors (Lipinski definition) is 4. The lowest BCUT2D eigenvalue weighted by Crippen LogP contribution is -2.19. The summed E-state index contributed by atoms with van der Waals surface area (Å²) in [5.41, 5.74) is 4.15. The van der Waals surface area contributed by atoms with Crippen LogP contribution >= 0.6 is 0 Å². The van der Waals surface area contributed by atoms with E-state index in [0.29, 0.717) is 28.3 Å². The van der Waals surface area contributed by atoms with Gasteiger partial charge in [-0.25, -0.2) is 9.18 Å². The quantitative estimate of drug-likeness (QED) is 0.161. The normalized spacial score (nSPS) is 11.7. The Bertz CT molecular complexity index is 1680. The molecule has 0 heterocycles. The smallest absolute Gasteiger partial charge is 0.338 e. The Hall–Kier alpha value is -4.97. The average molecular weight is 534 g/mol. The summed E-state index contributed by atoms with van der Waals surface area (Å²) in [5.74, 6) is -1.70. The van der Waals surface area contributed by atoms with Gasteiger partial charge in [0.25, 0.3) is 0 Å². The molecule has 1 amide bonds. The highest BCUT2D eigenvalue weighted by atomic mass is 19.1. The van der Waals surface area contributed by atoms with Gasteiger partial charge in [0.05, 0.1) is 17.2 Å². The second-order valence-electron chi connectivity index (χ2n) is 9.63. The minimum absolute atomic E-state index is 0.0571. The molecule has 0 aromatic heterocycles. The van der Waals surface area contributed by atoms with E-state index in [-0.39, 0.29) is 29.8 Å². The highest BCUT2D eigenvalue weighted by molar-refractivity contribution is 6.00. The van der Waals surface area contributed by atoms with Crippen molar-refractivity contribution in [1.29, 1.82) is 0 Å². The van der Waals surface area contributed by atoms with Gasteiger partial charge in [0, 0.05) is 5.39 Å². The molecule has 0 aliphatic rings. The molecule has 0 spiro atoms. The predicted octanol–water partition coefficient (Wildman–Crippen LogP) is 7.37. The van der Waals surface area contributed by atoms with Gasteiger partial charge in [0.1, 0.15) is 18.2 Å². The van der Waals surface area contributed by atoms with Crippen molar-refractivity contribution in [3.8, 4) is 5.75 Å². The molecule has 0 radical (unpaired) electrons. The van der Waals surface area contributed by atoms with Gasteiger partial charge in [-0.05, 0) is 71.3 Å². The average Bonchev–Trinajstić information content (AvgIpc) is 2.98. The van der Waals surface area contributed by atoms with Crippen LogP contribution in [0.15, 0.2) is 109 Å². The van der Waals surface area contributed by atoms with Gasteiger partial charge in [0.2, 0.25) is 5.91 Å². The molecular weight excluding hydrogens is 505 g/mol. The second kappa shape index (κ2) is 11.8. The third kappa shape index (κ3) is 5.86. The Labute approximate surface area is 231 Å². The third-order valence-electron chi connectivity index (χ3n) is 6.96. The number of carbonyl (C=O) groups is 2. The summed E-state index contributed by atoms with van der Waals surface area (Å²) in [6.45, 7) is 1.87. The Balaban J connectivity index is 1.31. The monoisotopic (exact) mass is 533 g/mol. The number of carbonyl (C=O) groups excluding carboxylic acids is 2. The number of rotatable bonds is 8. The van der Waals surface area contributed by atoms with E-state index in [1.165, 1.54) is 6.07 Å². The van der Waals surface area contributed by atoms with Crippen LogP contribution in [0.25, 0.3) is 10.8 Å². The maximum atomic E-state index is 14.3. The van der Waals surface area contributed by atoms with E-state index in [0.717, 1.165) is 16.7 Å². The number of nitrogens with one attached hydrogen (secondary N) is 1. The Morgan fingerprint density at radius 1 is 0.825 bits per heavy atom. The lowest BCUT2D eigenvalue weighted by atomic mass is 9.93. The molecule has 5 aromatic rings. The minimum Gasteiger partial charge on any atom is -0.506 e. The Morgan fingerprint density at radius 3 is 2.27 bits per heavy atom. The number of ether oxygens (including phenoxy) is 1. The fourth-order valence-electron chi connectivity index (χ4n) is 4.73. The van der Waals surface area contributed by atoms with Gasteiger partial charge in [-0.15, -0.1) is 0 Å². The topological polar surface area (TPSA) is 75.6 Å². The van der Waals surface area contributed by atoms with E-state index in [1.807, 2.05) is 36.4 Å². The molecule has 0 saturated carbocycles. The summed E-state index contributed by atoms with van der Waals surface area (Å²) < 4.78 is 19.8. The van der Waals surface area contributed by atoms with Gasteiger partial charge in [-0.3, -0.25) is 4.79 Å². The van der Waals surface area contributed by atoms with Gasteiger partial charge >= 0.3 is 5.97 Å².